The Morgan fingerprint density at radius 2 is 2.23 bits per heavy atom. The van der Waals surface area contributed by atoms with Crippen LogP contribution in [0.2, 0.25) is 0 Å². The number of nitrogens with zero attached hydrogens (tertiary/aromatic N) is 2. The van der Waals surface area contributed by atoms with Crippen molar-refractivity contribution in [3.63, 3.8) is 0 Å². The first-order valence-corrected chi connectivity index (χ1v) is 7.86. The van der Waals surface area contributed by atoms with Gasteiger partial charge in [-0.15, -0.1) is 11.8 Å². The van der Waals surface area contributed by atoms with E-state index in [4.69, 9.17) is 4.42 Å². The third kappa shape index (κ3) is 3.46. The predicted octanol–water partition coefficient (Wildman–Crippen LogP) is 3.14. The molecule has 3 rings (SSSR count). The Bertz CT molecular complexity index is 736. The van der Waals surface area contributed by atoms with Crippen molar-refractivity contribution in [3.8, 4) is 0 Å². The van der Waals surface area contributed by atoms with E-state index < -0.39 is 0 Å². The first-order chi connectivity index (χ1) is 10.7. The number of carbonyl (C=O) groups excluding carboxylic acids is 1. The van der Waals surface area contributed by atoms with Crippen molar-refractivity contribution < 1.29 is 9.21 Å². The van der Waals surface area contributed by atoms with Crippen molar-refractivity contribution in [2.75, 3.05) is 5.75 Å². The molecule has 1 aromatic heterocycles. The van der Waals surface area contributed by atoms with Crippen LogP contribution in [-0.4, -0.2) is 22.4 Å². The monoisotopic (exact) mass is 313 g/mol. The minimum absolute atomic E-state index is 0.158. The van der Waals surface area contributed by atoms with Crippen LogP contribution in [0.3, 0.4) is 0 Å². The van der Waals surface area contributed by atoms with Crippen LogP contribution in [0.1, 0.15) is 18.2 Å². The van der Waals surface area contributed by atoms with Gasteiger partial charge in [0, 0.05) is 6.42 Å². The lowest BCUT2D eigenvalue weighted by Crippen LogP contribution is -2.21. The molecule has 0 saturated carbocycles. The smallest absolute Gasteiger partial charge is 0.250 e. The maximum atomic E-state index is 11.8. The largest absolute Gasteiger partial charge is 0.463 e. The van der Waals surface area contributed by atoms with Gasteiger partial charge in [-0.05, 0) is 30.7 Å². The van der Waals surface area contributed by atoms with Gasteiger partial charge in [-0.3, -0.25) is 4.79 Å². The SMILES string of the molecule is C/C(=N\NC(=O)CSC1=Nc2ccccc2C1)c1ccco1. The Labute approximate surface area is 132 Å². The van der Waals surface area contributed by atoms with Gasteiger partial charge in [-0.2, -0.15) is 5.10 Å². The van der Waals surface area contributed by atoms with Crippen LogP contribution in [0.5, 0.6) is 0 Å². The summed E-state index contributed by atoms with van der Waals surface area (Å²) >= 11 is 1.44. The summed E-state index contributed by atoms with van der Waals surface area (Å²) in [5.74, 6) is 0.778. The molecule has 1 amide bonds. The fourth-order valence-corrected chi connectivity index (χ4v) is 2.84. The molecule has 1 aliphatic rings. The summed E-state index contributed by atoms with van der Waals surface area (Å²) in [4.78, 5) is 16.3. The topological polar surface area (TPSA) is 67.0 Å². The van der Waals surface area contributed by atoms with E-state index in [1.165, 1.54) is 17.3 Å². The summed E-state index contributed by atoms with van der Waals surface area (Å²) in [7, 11) is 0. The molecule has 0 spiro atoms. The van der Waals surface area contributed by atoms with Gasteiger partial charge in [0.1, 0.15) is 11.5 Å². The molecular formula is C16H15N3O2S. The number of carbonyl (C=O) groups is 1. The van der Waals surface area contributed by atoms with Crippen LogP contribution < -0.4 is 5.43 Å². The first kappa shape index (κ1) is 14.6. The second-order valence-electron chi connectivity index (χ2n) is 4.81. The molecule has 2 aromatic rings. The molecule has 22 heavy (non-hydrogen) atoms. The Kier molecular flexibility index (Phi) is 4.39. The summed E-state index contributed by atoms with van der Waals surface area (Å²) in [5, 5.41) is 4.98. The van der Waals surface area contributed by atoms with Crippen LogP contribution in [-0.2, 0) is 11.2 Å². The number of hydrogen-bond donors (Lipinski definition) is 1. The zero-order chi connectivity index (χ0) is 15.4. The number of fused-ring (bicyclic) bond motifs is 1. The van der Waals surface area contributed by atoms with Crippen molar-refractivity contribution in [2.45, 2.75) is 13.3 Å². The standard InChI is InChI=1S/C16H15N3O2S/c1-11(14-7-4-8-21-14)18-19-15(20)10-22-16-9-12-5-2-3-6-13(12)17-16/h2-8H,9-10H2,1H3,(H,19,20)/b18-11+. The van der Waals surface area contributed by atoms with E-state index in [1.54, 1.807) is 25.3 Å². The molecule has 0 atom stereocenters. The lowest BCUT2D eigenvalue weighted by molar-refractivity contribution is -0.118. The summed E-state index contributed by atoms with van der Waals surface area (Å²) in [5.41, 5.74) is 5.37. The number of amides is 1. The van der Waals surface area contributed by atoms with Gasteiger partial charge >= 0.3 is 0 Å². The van der Waals surface area contributed by atoms with Gasteiger partial charge in [0.2, 0.25) is 5.91 Å². The molecule has 0 saturated heterocycles. The van der Waals surface area contributed by atoms with E-state index >= 15 is 0 Å². The minimum atomic E-state index is -0.158. The molecular weight excluding hydrogens is 298 g/mol. The molecule has 1 aliphatic heterocycles. The summed E-state index contributed by atoms with van der Waals surface area (Å²) in [6.45, 7) is 1.78. The van der Waals surface area contributed by atoms with E-state index in [-0.39, 0.29) is 5.91 Å². The molecule has 1 aromatic carbocycles. The molecule has 6 heteroatoms. The maximum absolute atomic E-state index is 11.8. The predicted molar refractivity (Wildman–Crippen MR) is 88.8 cm³/mol. The third-order valence-corrected chi connectivity index (χ3v) is 4.15. The molecule has 112 valence electrons. The Hall–Kier alpha value is -2.34. The van der Waals surface area contributed by atoms with Crippen LogP contribution in [0.15, 0.2) is 57.2 Å². The highest BCUT2D eigenvalue weighted by Crippen LogP contribution is 2.29. The highest BCUT2D eigenvalue weighted by molar-refractivity contribution is 8.14. The number of nitrogens with one attached hydrogen (secondary N) is 1. The number of rotatable bonds is 4. The molecule has 0 unspecified atom stereocenters. The van der Waals surface area contributed by atoms with Gasteiger partial charge in [0.15, 0.2) is 0 Å². The van der Waals surface area contributed by atoms with Gasteiger partial charge in [-0.25, -0.2) is 10.4 Å². The van der Waals surface area contributed by atoms with E-state index in [2.05, 4.69) is 21.6 Å². The van der Waals surface area contributed by atoms with Crippen LogP contribution in [0.4, 0.5) is 5.69 Å². The zero-order valence-electron chi connectivity index (χ0n) is 12.1. The molecule has 0 radical (unpaired) electrons. The lowest BCUT2D eigenvalue weighted by Gasteiger charge is -2.01. The highest BCUT2D eigenvalue weighted by atomic mass is 32.2. The number of para-hydroxylation sites is 1. The van der Waals surface area contributed by atoms with Crippen LogP contribution in [0.25, 0.3) is 0 Å². The fourth-order valence-electron chi connectivity index (χ4n) is 2.06. The first-order valence-electron chi connectivity index (χ1n) is 6.87. The van der Waals surface area contributed by atoms with E-state index in [0.717, 1.165) is 17.2 Å². The maximum Gasteiger partial charge on any atom is 0.250 e. The number of thioether (sulfide) groups is 1. The average Bonchev–Trinajstić information content (AvgIpc) is 3.19. The molecule has 2 heterocycles. The number of furan rings is 1. The third-order valence-electron chi connectivity index (χ3n) is 3.17. The average molecular weight is 313 g/mol. The van der Waals surface area contributed by atoms with Crippen molar-refractivity contribution in [2.24, 2.45) is 10.1 Å². The van der Waals surface area contributed by atoms with Gasteiger partial charge in [0.05, 0.1) is 22.7 Å². The fraction of sp³-hybridized carbons (Fsp3) is 0.188. The number of hydrogen-bond acceptors (Lipinski definition) is 5. The minimum Gasteiger partial charge on any atom is -0.463 e. The zero-order valence-corrected chi connectivity index (χ0v) is 12.9. The summed E-state index contributed by atoms with van der Waals surface area (Å²) in [6, 6.07) is 11.6. The Morgan fingerprint density at radius 1 is 1.36 bits per heavy atom. The van der Waals surface area contributed by atoms with E-state index in [9.17, 15) is 4.79 Å². The summed E-state index contributed by atoms with van der Waals surface area (Å²) in [6.07, 6.45) is 2.37. The summed E-state index contributed by atoms with van der Waals surface area (Å²) < 4.78 is 5.20. The molecule has 0 bridgehead atoms. The lowest BCUT2D eigenvalue weighted by atomic mass is 10.2. The molecule has 0 fully saturated rings. The number of hydrazone groups is 1. The van der Waals surface area contributed by atoms with Crippen molar-refractivity contribution >= 4 is 34.1 Å². The van der Waals surface area contributed by atoms with Crippen LogP contribution in [0, 0.1) is 0 Å². The second-order valence-corrected chi connectivity index (χ2v) is 5.86. The van der Waals surface area contributed by atoms with Gasteiger partial charge in [0.25, 0.3) is 0 Å². The second kappa shape index (κ2) is 6.62. The quantitative estimate of drug-likeness (QED) is 0.696. The Balaban J connectivity index is 1.49. The van der Waals surface area contributed by atoms with Gasteiger partial charge < -0.3 is 4.42 Å². The normalized spacial score (nSPS) is 13.7. The van der Waals surface area contributed by atoms with Gasteiger partial charge in [-0.1, -0.05) is 18.2 Å². The van der Waals surface area contributed by atoms with Crippen molar-refractivity contribution in [1.29, 1.82) is 0 Å². The van der Waals surface area contributed by atoms with E-state index in [1.807, 2.05) is 18.2 Å². The van der Waals surface area contributed by atoms with E-state index in [0.29, 0.717) is 17.2 Å². The number of benzene rings is 1. The van der Waals surface area contributed by atoms with Crippen molar-refractivity contribution in [1.82, 2.24) is 5.43 Å². The molecule has 5 nitrogen and oxygen atoms in total. The highest BCUT2D eigenvalue weighted by Gasteiger charge is 2.15. The number of aliphatic imine (C=N–C) groups is 1. The van der Waals surface area contributed by atoms with Crippen LogP contribution >= 0.6 is 11.8 Å². The Morgan fingerprint density at radius 3 is 3.00 bits per heavy atom. The van der Waals surface area contributed by atoms with Crippen molar-refractivity contribution in [3.05, 3.63) is 54.0 Å². The molecule has 1 N–H and O–H groups in total. The molecule has 0 aliphatic carbocycles.